The lowest BCUT2D eigenvalue weighted by Crippen LogP contribution is -2.42. The zero-order chi connectivity index (χ0) is 11.9. The Morgan fingerprint density at radius 2 is 1.56 bits per heavy atom. The number of hydrogen-bond donors (Lipinski definition) is 1. The Bertz CT molecular complexity index is 246. The van der Waals surface area contributed by atoms with E-state index in [4.69, 9.17) is 0 Å². The predicted octanol–water partition coefficient (Wildman–Crippen LogP) is 3.84. The minimum atomic E-state index is 0.560. The van der Waals surface area contributed by atoms with Gasteiger partial charge in [0.25, 0.3) is 0 Å². The van der Waals surface area contributed by atoms with Crippen LogP contribution in [0.1, 0.15) is 60.3 Å². The Kier molecular flexibility index (Phi) is 3.36. The van der Waals surface area contributed by atoms with Crippen LogP contribution in [0.5, 0.6) is 0 Å². The van der Waals surface area contributed by atoms with Crippen molar-refractivity contribution in [3.05, 3.63) is 0 Å². The highest BCUT2D eigenvalue weighted by molar-refractivity contribution is 4.95. The van der Waals surface area contributed by atoms with Crippen LogP contribution in [0.15, 0.2) is 0 Å². The molecule has 1 nitrogen and oxygen atoms in total. The third kappa shape index (κ3) is 2.45. The average molecular weight is 223 g/mol. The molecular weight excluding hydrogens is 194 g/mol. The quantitative estimate of drug-likeness (QED) is 0.750. The second-order valence-electron chi connectivity index (χ2n) is 7.34. The van der Waals surface area contributed by atoms with Crippen LogP contribution in [0.3, 0.4) is 0 Å². The van der Waals surface area contributed by atoms with E-state index in [1.165, 1.54) is 25.7 Å². The van der Waals surface area contributed by atoms with Crippen molar-refractivity contribution < 1.29 is 0 Å². The number of nitrogens with one attached hydrogen (secondary N) is 1. The van der Waals surface area contributed by atoms with Gasteiger partial charge in [0.15, 0.2) is 0 Å². The summed E-state index contributed by atoms with van der Waals surface area (Å²) in [4.78, 5) is 0. The van der Waals surface area contributed by atoms with E-state index in [1.807, 2.05) is 0 Å². The highest BCUT2D eigenvalue weighted by Crippen LogP contribution is 2.42. The molecule has 0 aliphatic heterocycles. The van der Waals surface area contributed by atoms with E-state index < -0.39 is 0 Å². The summed E-state index contributed by atoms with van der Waals surface area (Å²) >= 11 is 0. The van der Waals surface area contributed by atoms with Crippen LogP contribution in [0.4, 0.5) is 0 Å². The Labute approximate surface area is 101 Å². The van der Waals surface area contributed by atoms with E-state index in [0.717, 1.165) is 29.8 Å². The van der Waals surface area contributed by atoms with Gasteiger partial charge in [-0.15, -0.1) is 0 Å². The van der Waals surface area contributed by atoms with E-state index in [2.05, 4.69) is 39.9 Å². The maximum Gasteiger partial charge on any atom is 0.0101 e. The third-order valence-corrected chi connectivity index (χ3v) is 5.23. The van der Waals surface area contributed by atoms with Crippen LogP contribution in [0.2, 0.25) is 0 Å². The zero-order valence-electron chi connectivity index (χ0n) is 11.7. The van der Waals surface area contributed by atoms with Crippen molar-refractivity contribution in [3.8, 4) is 0 Å². The summed E-state index contributed by atoms with van der Waals surface area (Å²) in [5.41, 5.74) is 0.560. The lowest BCUT2D eigenvalue weighted by molar-refractivity contribution is 0.304. The third-order valence-electron chi connectivity index (χ3n) is 5.23. The largest absolute Gasteiger partial charge is 0.311 e. The Morgan fingerprint density at radius 1 is 0.875 bits per heavy atom. The first-order valence-corrected chi connectivity index (χ1v) is 7.15. The molecule has 5 atom stereocenters. The van der Waals surface area contributed by atoms with Crippen LogP contribution in [0.25, 0.3) is 0 Å². The second kappa shape index (κ2) is 4.33. The molecule has 0 spiro atoms. The van der Waals surface area contributed by atoms with E-state index in [0.29, 0.717) is 5.41 Å². The molecular formula is C15H29N. The molecule has 5 unspecified atom stereocenters. The van der Waals surface area contributed by atoms with Crippen LogP contribution in [-0.2, 0) is 0 Å². The molecule has 0 amide bonds. The molecule has 0 saturated heterocycles. The highest BCUT2D eigenvalue weighted by Gasteiger charge is 2.39. The fourth-order valence-corrected chi connectivity index (χ4v) is 3.99. The van der Waals surface area contributed by atoms with Gasteiger partial charge in [-0.2, -0.15) is 0 Å². The number of rotatable bonds is 2. The van der Waals surface area contributed by atoms with Gasteiger partial charge in [-0.05, 0) is 48.9 Å². The molecule has 0 aromatic rings. The molecule has 2 fully saturated rings. The standard InChI is InChI=1S/C15H29N/c1-10-6-7-13(12(10)3)16-14-9-15(4,5)8-11(14)2/h10-14,16H,6-9H2,1-5H3. The monoisotopic (exact) mass is 223 g/mol. The van der Waals surface area contributed by atoms with Gasteiger partial charge in [0.2, 0.25) is 0 Å². The summed E-state index contributed by atoms with van der Waals surface area (Å²) in [6.45, 7) is 12.1. The van der Waals surface area contributed by atoms with Gasteiger partial charge in [0, 0.05) is 12.1 Å². The lowest BCUT2D eigenvalue weighted by atomic mass is 9.91. The summed E-state index contributed by atoms with van der Waals surface area (Å²) < 4.78 is 0. The normalized spacial score (nSPS) is 47.4. The lowest BCUT2D eigenvalue weighted by Gasteiger charge is -2.27. The van der Waals surface area contributed by atoms with Crippen molar-refractivity contribution in [1.82, 2.24) is 5.32 Å². The molecule has 2 aliphatic rings. The molecule has 2 rings (SSSR count). The molecule has 16 heavy (non-hydrogen) atoms. The van der Waals surface area contributed by atoms with Crippen LogP contribution >= 0.6 is 0 Å². The van der Waals surface area contributed by atoms with Gasteiger partial charge in [0.1, 0.15) is 0 Å². The van der Waals surface area contributed by atoms with E-state index in [1.54, 1.807) is 0 Å². The molecule has 2 aliphatic carbocycles. The number of hydrogen-bond acceptors (Lipinski definition) is 1. The van der Waals surface area contributed by atoms with Gasteiger partial charge < -0.3 is 5.32 Å². The van der Waals surface area contributed by atoms with Crippen molar-refractivity contribution in [2.75, 3.05) is 0 Å². The van der Waals surface area contributed by atoms with Gasteiger partial charge in [-0.25, -0.2) is 0 Å². The van der Waals surface area contributed by atoms with Gasteiger partial charge in [-0.1, -0.05) is 34.6 Å². The molecule has 94 valence electrons. The van der Waals surface area contributed by atoms with Crippen molar-refractivity contribution in [2.45, 2.75) is 72.4 Å². The summed E-state index contributed by atoms with van der Waals surface area (Å²) in [6.07, 6.45) is 5.57. The fourth-order valence-electron chi connectivity index (χ4n) is 3.99. The molecule has 0 bridgehead atoms. The Hall–Kier alpha value is -0.0400. The topological polar surface area (TPSA) is 12.0 Å². The predicted molar refractivity (Wildman–Crippen MR) is 70.5 cm³/mol. The minimum Gasteiger partial charge on any atom is -0.311 e. The summed E-state index contributed by atoms with van der Waals surface area (Å²) in [5, 5.41) is 3.96. The van der Waals surface area contributed by atoms with Crippen molar-refractivity contribution in [3.63, 3.8) is 0 Å². The van der Waals surface area contributed by atoms with Gasteiger partial charge in [-0.3, -0.25) is 0 Å². The first-order chi connectivity index (χ1) is 7.39. The fraction of sp³-hybridized carbons (Fsp3) is 1.00. The first-order valence-electron chi connectivity index (χ1n) is 7.15. The van der Waals surface area contributed by atoms with Crippen molar-refractivity contribution in [2.24, 2.45) is 23.2 Å². The minimum absolute atomic E-state index is 0.560. The van der Waals surface area contributed by atoms with Gasteiger partial charge in [0.05, 0.1) is 0 Å². The van der Waals surface area contributed by atoms with Crippen molar-refractivity contribution >= 4 is 0 Å². The summed E-state index contributed by atoms with van der Waals surface area (Å²) in [5.74, 6) is 2.65. The smallest absolute Gasteiger partial charge is 0.0101 e. The Balaban J connectivity index is 1.91. The van der Waals surface area contributed by atoms with Gasteiger partial charge >= 0.3 is 0 Å². The zero-order valence-corrected chi connectivity index (χ0v) is 11.7. The van der Waals surface area contributed by atoms with E-state index in [-0.39, 0.29) is 0 Å². The van der Waals surface area contributed by atoms with Crippen LogP contribution < -0.4 is 5.32 Å². The second-order valence-corrected chi connectivity index (χ2v) is 7.34. The van der Waals surface area contributed by atoms with Crippen LogP contribution in [0, 0.1) is 23.2 Å². The van der Waals surface area contributed by atoms with E-state index in [9.17, 15) is 0 Å². The molecule has 0 aromatic heterocycles. The average Bonchev–Trinajstić information content (AvgIpc) is 2.60. The maximum atomic E-state index is 3.96. The molecule has 0 heterocycles. The summed E-state index contributed by atoms with van der Waals surface area (Å²) in [6, 6.07) is 1.56. The first kappa shape index (κ1) is 12.4. The van der Waals surface area contributed by atoms with E-state index >= 15 is 0 Å². The molecule has 2 saturated carbocycles. The molecule has 1 N–H and O–H groups in total. The molecule has 0 aromatic carbocycles. The SMILES string of the molecule is CC1CC(C)(C)CC1NC1CCC(C)C1C. The van der Waals surface area contributed by atoms with Crippen LogP contribution in [-0.4, -0.2) is 12.1 Å². The highest BCUT2D eigenvalue weighted by atomic mass is 15.0. The maximum absolute atomic E-state index is 3.96. The molecule has 1 heteroatoms. The Morgan fingerprint density at radius 3 is 2.00 bits per heavy atom. The summed E-state index contributed by atoms with van der Waals surface area (Å²) in [7, 11) is 0. The molecule has 0 radical (unpaired) electrons. The van der Waals surface area contributed by atoms with Crippen molar-refractivity contribution in [1.29, 1.82) is 0 Å².